The Kier molecular flexibility index (Phi) is 6.88. The maximum atomic E-state index is 12.5. The van der Waals surface area contributed by atoms with Gasteiger partial charge in [0.05, 0.1) is 33.4 Å². The third-order valence-electron chi connectivity index (χ3n) is 3.50. The van der Waals surface area contributed by atoms with Crippen molar-refractivity contribution in [2.45, 2.75) is 13.0 Å². The number of carbonyl (C=O) groups is 2. The van der Waals surface area contributed by atoms with Crippen LogP contribution in [0.3, 0.4) is 0 Å². The number of esters is 1. The van der Waals surface area contributed by atoms with Crippen LogP contribution in [0.5, 0.6) is 11.5 Å². The summed E-state index contributed by atoms with van der Waals surface area (Å²) in [6.07, 6.45) is 1.63. The zero-order chi connectivity index (χ0) is 18.1. The van der Waals surface area contributed by atoms with Gasteiger partial charge in [0.1, 0.15) is 17.3 Å². The number of amides is 1. The molecule has 0 saturated heterocycles. The molecule has 134 valence electrons. The molecule has 2 rings (SSSR count). The quantitative estimate of drug-likeness (QED) is 0.648. The predicted octanol–water partition coefficient (Wildman–Crippen LogP) is 2.26. The number of rotatable bonds is 9. The SMILES string of the molecule is COC(=O)CCN(Cc1ccco1)C(=O)COc1cccc(OC)c1. The minimum Gasteiger partial charge on any atom is -0.497 e. The number of benzene rings is 1. The number of ether oxygens (including phenoxy) is 3. The molecule has 0 N–H and O–H groups in total. The lowest BCUT2D eigenvalue weighted by atomic mass is 10.3. The van der Waals surface area contributed by atoms with Gasteiger partial charge in [-0.05, 0) is 24.3 Å². The molecule has 0 bridgehead atoms. The first kappa shape index (κ1) is 18.4. The summed E-state index contributed by atoms with van der Waals surface area (Å²) in [6, 6.07) is 10.5. The van der Waals surface area contributed by atoms with Crippen LogP contribution >= 0.6 is 0 Å². The minimum atomic E-state index is -0.383. The highest BCUT2D eigenvalue weighted by atomic mass is 16.5. The van der Waals surface area contributed by atoms with Crippen LogP contribution in [0.4, 0.5) is 0 Å². The number of carbonyl (C=O) groups excluding carboxylic acids is 2. The summed E-state index contributed by atoms with van der Waals surface area (Å²) in [5.41, 5.74) is 0. The van der Waals surface area contributed by atoms with Gasteiger partial charge in [-0.25, -0.2) is 0 Å². The summed E-state index contributed by atoms with van der Waals surface area (Å²) in [5.74, 6) is 1.15. The molecule has 25 heavy (non-hydrogen) atoms. The van der Waals surface area contributed by atoms with Crippen molar-refractivity contribution in [1.82, 2.24) is 4.90 Å². The number of hydrogen-bond acceptors (Lipinski definition) is 6. The molecule has 0 saturated carbocycles. The smallest absolute Gasteiger partial charge is 0.307 e. The second kappa shape index (κ2) is 9.36. The van der Waals surface area contributed by atoms with Crippen LogP contribution in [0.25, 0.3) is 0 Å². The van der Waals surface area contributed by atoms with Crippen LogP contribution < -0.4 is 9.47 Å². The van der Waals surface area contributed by atoms with E-state index in [9.17, 15) is 9.59 Å². The summed E-state index contributed by atoms with van der Waals surface area (Å²) < 4.78 is 20.5. The zero-order valence-electron chi connectivity index (χ0n) is 14.3. The number of hydrogen-bond donors (Lipinski definition) is 0. The van der Waals surface area contributed by atoms with Crippen LogP contribution in [0.2, 0.25) is 0 Å². The Labute approximate surface area is 146 Å². The van der Waals surface area contributed by atoms with E-state index in [4.69, 9.17) is 13.9 Å². The molecule has 0 radical (unpaired) electrons. The molecule has 0 fully saturated rings. The van der Waals surface area contributed by atoms with Crippen molar-refractivity contribution in [3.8, 4) is 11.5 Å². The first-order valence-corrected chi connectivity index (χ1v) is 7.76. The minimum absolute atomic E-state index is 0.0993. The predicted molar refractivity (Wildman–Crippen MR) is 89.2 cm³/mol. The van der Waals surface area contributed by atoms with Gasteiger partial charge in [0, 0.05) is 12.6 Å². The molecular weight excluding hydrogens is 326 g/mol. The average molecular weight is 347 g/mol. The topological polar surface area (TPSA) is 78.2 Å². The summed E-state index contributed by atoms with van der Waals surface area (Å²) >= 11 is 0. The molecule has 7 nitrogen and oxygen atoms in total. The summed E-state index contributed by atoms with van der Waals surface area (Å²) in [4.78, 5) is 25.3. The lowest BCUT2D eigenvalue weighted by Gasteiger charge is -2.21. The van der Waals surface area contributed by atoms with Crippen molar-refractivity contribution in [1.29, 1.82) is 0 Å². The van der Waals surface area contributed by atoms with E-state index < -0.39 is 0 Å². The van der Waals surface area contributed by atoms with Gasteiger partial charge in [0.15, 0.2) is 6.61 Å². The molecular formula is C18H21NO6. The highest BCUT2D eigenvalue weighted by Gasteiger charge is 2.17. The Balaban J connectivity index is 1.96. The van der Waals surface area contributed by atoms with E-state index in [2.05, 4.69) is 4.74 Å². The van der Waals surface area contributed by atoms with Gasteiger partial charge in [-0.15, -0.1) is 0 Å². The molecule has 0 spiro atoms. The highest BCUT2D eigenvalue weighted by molar-refractivity contribution is 5.78. The van der Waals surface area contributed by atoms with Crippen LogP contribution in [0.1, 0.15) is 12.2 Å². The van der Waals surface area contributed by atoms with E-state index in [1.54, 1.807) is 43.5 Å². The standard InChI is InChI=1S/C18H21NO6/c1-22-14-5-3-6-15(11-14)25-13-17(20)19(9-8-18(21)23-2)12-16-7-4-10-24-16/h3-7,10-11H,8-9,12-13H2,1-2H3. The molecule has 1 aromatic heterocycles. The molecule has 1 aromatic carbocycles. The summed E-state index contributed by atoms with van der Waals surface area (Å²) in [7, 11) is 2.87. The first-order valence-electron chi connectivity index (χ1n) is 7.76. The monoisotopic (exact) mass is 347 g/mol. The van der Waals surface area contributed by atoms with Gasteiger partial charge in [-0.1, -0.05) is 6.07 Å². The van der Waals surface area contributed by atoms with Gasteiger partial charge < -0.3 is 23.5 Å². The summed E-state index contributed by atoms with van der Waals surface area (Å²) in [6.45, 7) is 0.313. The Bertz CT molecular complexity index is 683. The lowest BCUT2D eigenvalue weighted by Crippen LogP contribution is -2.36. The average Bonchev–Trinajstić information content (AvgIpc) is 3.16. The van der Waals surface area contributed by atoms with Gasteiger partial charge in [0.25, 0.3) is 5.91 Å². The van der Waals surface area contributed by atoms with Crippen molar-refractivity contribution >= 4 is 11.9 Å². The Morgan fingerprint density at radius 3 is 2.60 bits per heavy atom. The lowest BCUT2D eigenvalue weighted by molar-refractivity contribution is -0.142. The third kappa shape index (κ3) is 5.87. The highest BCUT2D eigenvalue weighted by Crippen LogP contribution is 2.19. The molecule has 1 amide bonds. The maximum absolute atomic E-state index is 12.5. The number of nitrogens with zero attached hydrogens (tertiary/aromatic N) is 1. The van der Waals surface area contributed by atoms with E-state index in [-0.39, 0.29) is 38.0 Å². The molecule has 0 aliphatic heterocycles. The summed E-state index contributed by atoms with van der Waals surface area (Å²) in [5, 5.41) is 0. The fourth-order valence-electron chi connectivity index (χ4n) is 2.14. The van der Waals surface area contributed by atoms with Crippen molar-refractivity contribution in [2.24, 2.45) is 0 Å². The maximum Gasteiger partial charge on any atom is 0.307 e. The zero-order valence-corrected chi connectivity index (χ0v) is 14.3. The van der Waals surface area contributed by atoms with E-state index >= 15 is 0 Å². The van der Waals surface area contributed by atoms with Gasteiger partial charge in [-0.3, -0.25) is 9.59 Å². The molecule has 0 aliphatic carbocycles. The van der Waals surface area contributed by atoms with Crippen molar-refractivity contribution in [3.05, 3.63) is 48.4 Å². The van der Waals surface area contributed by atoms with E-state index in [0.717, 1.165) is 0 Å². The molecule has 0 aliphatic rings. The first-order chi connectivity index (χ1) is 12.1. The Morgan fingerprint density at radius 1 is 1.12 bits per heavy atom. The van der Waals surface area contributed by atoms with E-state index in [1.165, 1.54) is 18.3 Å². The normalized spacial score (nSPS) is 10.2. The van der Waals surface area contributed by atoms with Crippen LogP contribution in [-0.2, 0) is 20.9 Å². The van der Waals surface area contributed by atoms with Crippen LogP contribution in [0.15, 0.2) is 47.1 Å². The van der Waals surface area contributed by atoms with E-state index in [0.29, 0.717) is 17.3 Å². The van der Waals surface area contributed by atoms with Crippen molar-refractivity contribution in [3.63, 3.8) is 0 Å². The molecule has 1 heterocycles. The van der Waals surface area contributed by atoms with Gasteiger partial charge in [0.2, 0.25) is 0 Å². The van der Waals surface area contributed by atoms with Gasteiger partial charge in [-0.2, -0.15) is 0 Å². The molecule has 2 aromatic rings. The van der Waals surface area contributed by atoms with Crippen LogP contribution in [-0.4, -0.2) is 44.1 Å². The third-order valence-corrected chi connectivity index (χ3v) is 3.50. The fourth-order valence-corrected chi connectivity index (χ4v) is 2.14. The largest absolute Gasteiger partial charge is 0.497 e. The molecule has 0 atom stereocenters. The van der Waals surface area contributed by atoms with Crippen molar-refractivity contribution < 1.29 is 28.2 Å². The van der Waals surface area contributed by atoms with Crippen molar-refractivity contribution in [2.75, 3.05) is 27.4 Å². The number of furan rings is 1. The molecule has 0 unspecified atom stereocenters. The number of methoxy groups -OCH3 is 2. The van der Waals surface area contributed by atoms with Gasteiger partial charge >= 0.3 is 5.97 Å². The Hall–Kier alpha value is -2.96. The fraction of sp³-hybridized carbons (Fsp3) is 0.333. The Morgan fingerprint density at radius 2 is 1.92 bits per heavy atom. The van der Waals surface area contributed by atoms with E-state index in [1.807, 2.05) is 0 Å². The molecule has 7 heteroatoms. The second-order valence-electron chi connectivity index (χ2n) is 5.19. The van der Waals surface area contributed by atoms with Crippen LogP contribution in [0, 0.1) is 0 Å². The second-order valence-corrected chi connectivity index (χ2v) is 5.19.